The van der Waals surface area contributed by atoms with Gasteiger partial charge in [-0.2, -0.15) is 0 Å². The molecule has 0 fully saturated rings. The molecule has 0 atom stereocenters. The van der Waals surface area contributed by atoms with Gasteiger partial charge in [0.2, 0.25) is 0 Å². The maximum absolute atomic E-state index is 12.3. The number of ether oxygens (including phenoxy) is 2. The number of carbonyl (C=O) groups is 3. The Morgan fingerprint density at radius 3 is 2.24 bits per heavy atom. The van der Waals surface area contributed by atoms with Crippen molar-refractivity contribution in [2.45, 2.75) is 6.92 Å². The lowest BCUT2D eigenvalue weighted by Crippen LogP contribution is -2.33. The molecule has 0 unspecified atom stereocenters. The maximum Gasteiger partial charge on any atom is 0.261 e. The van der Waals surface area contributed by atoms with Crippen molar-refractivity contribution in [2.75, 3.05) is 19.8 Å². The van der Waals surface area contributed by atoms with Gasteiger partial charge < -0.3 is 9.47 Å². The van der Waals surface area contributed by atoms with Crippen LogP contribution in [0.25, 0.3) is 0 Å². The van der Waals surface area contributed by atoms with Gasteiger partial charge in [-0.05, 0) is 37.3 Å². The van der Waals surface area contributed by atoms with Crippen molar-refractivity contribution in [3.63, 3.8) is 0 Å². The van der Waals surface area contributed by atoms with Crippen molar-refractivity contribution in [3.05, 3.63) is 59.2 Å². The van der Waals surface area contributed by atoms with E-state index >= 15 is 0 Å². The highest BCUT2D eigenvalue weighted by atomic mass is 16.5. The van der Waals surface area contributed by atoms with Crippen LogP contribution in [0.15, 0.2) is 42.5 Å². The second kappa shape index (κ2) is 7.17. The maximum atomic E-state index is 12.3. The number of hydrogen-bond acceptors (Lipinski definition) is 5. The van der Waals surface area contributed by atoms with Crippen molar-refractivity contribution < 1.29 is 23.9 Å². The summed E-state index contributed by atoms with van der Waals surface area (Å²) >= 11 is 0. The smallest absolute Gasteiger partial charge is 0.261 e. The average molecular weight is 339 g/mol. The molecule has 6 nitrogen and oxygen atoms in total. The van der Waals surface area contributed by atoms with E-state index in [2.05, 4.69) is 0 Å². The van der Waals surface area contributed by atoms with Crippen LogP contribution in [0.1, 0.15) is 38.0 Å². The summed E-state index contributed by atoms with van der Waals surface area (Å²) < 4.78 is 11.1. The van der Waals surface area contributed by atoms with Crippen LogP contribution >= 0.6 is 0 Å². The SMILES string of the molecule is CCOc1cc(C=O)ccc1OCCN1C(=O)c2ccccc2C1=O. The summed E-state index contributed by atoms with van der Waals surface area (Å²) in [5, 5.41) is 0. The molecule has 0 bridgehead atoms. The van der Waals surface area contributed by atoms with Crippen LogP contribution in [0.5, 0.6) is 11.5 Å². The highest BCUT2D eigenvalue weighted by molar-refractivity contribution is 6.21. The number of imide groups is 1. The third kappa shape index (κ3) is 3.24. The lowest BCUT2D eigenvalue weighted by molar-refractivity contribution is 0.0630. The van der Waals surface area contributed by atoms with E-state index in [1.807, 2.05) is 6.92 Å². The zero-order valence-corrected chi connectivity index (χ0v) is 13.7. The van der Waals surface area contributed by atoms with E-state index in [-0.39, 0.29) is 25.0 Å². The fraction of sp³-hybridized carbons (Fsp3) is 0.211. The molecular weight excluding hydrogens is 322 g/mol. The Labute approximate surface area is 145 Å². The number of carbonyl (C=O) groups excluding carboxylic acids is 3. The second-order valence-electron chi connectivity index (χ2n) is 5.41. The molecule has 1 heterocycles. The van der Waals surface area contributed by atoms with Gasteiger partial charge in [0, 0.05) is 5.56 Å². The first-order chi connectivity index (χ1) is 12.2. The molecule has 0 spiro atoms. The van der Waals surface area contributed by atoms with Crippen molar-refractivity contribution in [3.8, 4) is 11.5 Å². The topological polar surface area (TPSA) is 72.9 Å². The number of amides is 2. The second-order valence-corrected chi connectivity index (χ2v) is 5.41. The summed E-state index contributed by atoms with van der Waals surface area (Å²) in [5.74, 6) is 0.287. The van der Waals surface area contributed by atoms with Gasteiger partial charge in [0.1, 0.15) is 12.9 Å². The minimum Gasteiger partial charge on any atom is -0.490 e. The number of aldehydes is 1. The van der Waals surface area contributed by atoms with Gasteiger partial charge in [-0.15, -0.1) is 0 Å². The van der Waals surface area contributed by atoms with Crippen LogP contribution in [-0.4, -0.2) is 42.8 Å². The molecule has 2 amide bonds. The molecule has 0 aromatic heterocycles. The predicted molar refractivity (Wildman–Crippen MR) is 90.3 cm³/mol. The Kier molecular flexibility index (Phi) is 4.79. The number of rotatable bonds is 7. The molecule has 128 valence electrons. The Hall–Kier alpha value is -3.15. The monoisotopic (exact) mass is 339 g/mol. The number of hydrogen-bond donors (Lipinski definition) is 0. The number of nitrogens with zero attached hydrogens (tertiary/aromatic N) is 1. The van der Waals surface area contributed by atoms with E-state index in [0.717, 1.165) is 6.29 Å². The lowest BCUT2D eigenvalue weighted by atomic mass is 10.1. The van der Waals surface area contributed by atoms with Gasteiger partial charge in [-0.25, -0.2) is 0 Å². The molecule has 1 aliphatic heterocycles. The van der Waals surface area contributed by atoms with Crippen molar-refractivity contribution in [2.24, 2.45) is 0 Å². The number of fused-ring (bicyclic) bond motifs is 1. The van der Waals surface area contributed by atoms with Crippen LogP contribution in [0, 0.1) is 0 Å². The molecule has 25 heavy (non-hydrogen) atoms. The van der Waals surface area contributed by atoms with Gasteiger partial charge in [0.25, 0.3) is 11.8 Å². The summed E-state index contributed by atoms with van der Waals surface area (Å²) in [5.41, 5.74) is 1.31. The third-order valence-corrected chi connectivity index (χ3v) is 3.85. The molecule has 2 aromatic carbocycles. The minimum absolute atomic E-state index is 0.131. The largest absolute Gasteiger partial charge is 0.490 e. The normalized spacial score (nSPS) is 12.9. The van der Waals surface area contributed by atoms with Gasteiger partial charge in [-0.3, -0.25) is 19.3 Å². The average Bonchev–Trinajstić information content (AvgIpc) is 2.88. The molecule has 6 heteroatoms. The quantitative estimate of drug-likeness (QED) is 0.573. The van der Waals surface area contributed by atoms with Crippen LogP contribution in [-0.2, 0) is 0 Å². The summed E-state index contributed by atoms with van der Waals surface area (Å²) in [4.78, 5) is 36.6. The molecule has 3 rings (SSSR count). The van der Waals surface area contributed by atoms with Crippen molar-refractivity contribution >= 4 is 18.1 Å². The van der Waals surface area contributed by atoms with Gasteiger partial charge >= 0.3 is 0 Å². The highest BCUT2D eigenvalue weighted by Gasteiger charge is 2.34. The Morgan fingerprint density at radius 1 is 0.960 bits per heavy atom. The molecule has 1 aliphatic rings. The zero-order valence-electron chi connectivity index (χ0n) is 13.7. The summed E-state index contributed by atoms with van der Waals surface area (Å²) in [6.45, 7) is 2.52. The Balaban J connectivity index is 1.67. The van der Waals surface area contributed by atoms with Gasteiger partial charge in [0.15, 0.2) is 11.5 Å². The first-order valence-corrected chi connectivity index (χ1v) is 7.95. The molecule has 0 saturated carbocycles. The Bertz CT molecular complexity index is 795. The number of benzene rings is 2. The van der Waals surface area contributed by atoms with Gasteiger partial charge in [0.05, 0.1) is 24.3 Å². The van der Waals surface area contributed by atoms with E-state index in [1.54, 1.807) is 42.5 Å². The van der Waals surface area contributed by atoms with Crippen LogP contribution in [0.4, 0.5) is 0 Å². The fourth-order valence-corrected chi connectivity index (χ4v) is 2.67. The van der Waals surface area contributed by atoms with E-state index in [1.165, 1.54) is 4.90 Å². The minimum atomic E-state index is -0.314. The lowest BCUT2D eigenvalue weighted by Gasteiger charge is -2.16. The third-order valence-electron chi connectivity index (χ3n) is 3.85. The van der Waals surface area contributed by atoms with E-state index in [4.69, 9.17) is 9.47 Å². The van der Waals surface area contributed by atoms with Crippen LogP contribution in [0.3, 0.4) is 0 Å². The van der Waals surface area contributed by atoms with Crippen molar-refractivity contribution in [1.29, 1.82) is 0 Å². The Morgan fingerprint density at radius 2 is 1.64 bits per heavy atom. The summed E-state index contributed by atoms with van der Waals surface area (Å²) in [6.07, 6.45) is 0.727. The van der Waals surface area contributed by atoms with E-state index in [0.29, 0.717) is 34.8 Å². The molecule has 0 N–H and O–H groups in total. The van der Waals surface area contributed by atoms with Crippen molar-refractivity contribution in [1.82, 2.24) is 4.90 Å². The highest BCUT2D eigenvalue weighted by Crippen LogP contribution is 2.28. The van der Waals surface area contributed by atoms with E-state index < -0.39 is 0 Å². The summed E-state index contributed by atoms with van der Waals surface area (Å²) in [7, 11) is 0. The predicted octanol–water partition coefficient (Wildman–Crippen LogP) is 2.57. The standard InChI is InChI=1S/C19H17NO5/c1-2-24-17-11-13(12-21)7-8-16(17)25-10-9-20-18(22)14-5-3-4-6-15(14)19(20)23/h3-8,11-12H,2,9-10H2,1H3. The molecule has 0 aliphatic carbocycles. The molecule has 0 radical (unpaired) electrons. The van der Waals surface area contributed by atoms with Crippen LogP contribution in [0.2, 0.25) is 0 Å². The van der Waals surface area contributed by atoms with Crippen LogP contribution < -0.4 is 9.47 Å². The summed E-state index contributed by atoms with van der Waals surface area (Å²) in [6, 6.07) is 11.6. The first kappa shape index (κ1) is 16.7. The molecule has 0 saturated heterocycles. The zero-order chi connectivity index (χ0) is 17.8. The van der Waals surface area contributed by atoms with Gasteiger partial charge in [-0.1, -0.05) is 12.1 Å². The van der Waals surface area contributed by atoms with E-state index in [9.17, 15) is 14.4 Å². The molecule has 2 aromatic rings. The molecular formula is C19H17NO5. The fourth-order valence-electron chi connectivity index (χ4n) is 2.67. The first-order valence-electron chi connectivity index (χ1n) is 7.95.